The molecule has 0 heterocycles. The second-order valence-corrected chi connectivity index (χ2v) is 2.94. The van der Waals surface area contributed by atoms with Gasteiger partial charge in [-0.3, -0.25) is 0 Å². The number of benzene rings is 1. The van der Waals surface area contributed by atoms with Gasteiger partial charge in [-0.15, -0.1) is 0 Å². The molecule has 0 aromatic heterocycles. The highest BCUT2D eigenvalue weighted by atomic mass is 19.3. The highest BCUT2D eigenvalue weighted by molar-refractivity contribution is 5.32. The summed E-state index contributed by atoms with van der Waals surface area (Å²) in [5, 5.41) is 2.87. The predicted octanol–water partition coefficient (Wildman–Crippen LogP) is 2.57. The molecule has 0 radical (unpaired) electrons. The van der Waals surface area contributed by atoms with Crippen molar-refractivity contribution in [2.45, 2.75) is 6.54 Å². The molecular formula is C11H13F2NO. The molecule has 0 aliphatic carbocycles. The maximum absolute atomic E-state index is 11.7. The van der Waals surface area contributed by atoms with Gasteiger partial charge in [0.15, 0.2) is 0 Å². The lowest BCUT2D eigenvalue weighted by Gasteiger charge is -2.07. The topological polar surface area (TPSA) is 21.3 Å². The van der Waals surface area contributed by atoms with Gasteiger partial charge in [0.05, 0.1) is 7.11 Å². The van der Waals surface area contributed by atoms with Gasteiger partial charge in [-0.25, -0.2) is 0 Å². The minimum atomic E-state index is -1.66. The van der Waals surface area contributed by atoms with Gasteiger partial charge in [0.1, 0.15) is 5.75 Å². The van der Waals surface area contributed by atoms with Gasteiger partial charge in [0.25, 0.3) is 6.08 Å². The van der Waals surface area contributed by atoms with E-state index in [4.69, 9.17) is 4.74 Å². The van der Waals surface area contributed by atoms with Crippen molar-refractivity contribution >= 4 is 0 Å². The first kappa shape index (κ1) is 11.7. The molecule has 1 N–H and O–H groups in total. The summed E-state index contributed by atoms with van der Waals surface area (Å²) in [5.74, 6) is 0.759. The minimum absolute atomic E-state index is 0.153. The van der Waals surface area contributed by atoms with Crippen LogP contribution < -0.4 is 10.1 Å². The molecule has 1 aromatic rings. The van der Waals surface area contributed by atoms with E-state index in [1.54, 1.807) is 7.11 Å². The molecule has 1 rings (SSSR count). The van der Waals surface area contributed by atoms with Gasteiger partial charge >= 0.3 is 0 Å². The fraction of sp³-hybridized carbons (Fsp3) is 0.273. The Labute approximate surface area is 87.6 Å². The van der Waals surface area contributed by atoms with E-state index in [1.807, 2.05) is 24.3 Å². The van der Waals surface area contributed by atoms with Crippen LogP contribution in [-0.2, 0) is 6.54 Å². The zero-order valence-corrected chi connectivity index (χ0v) is 8.47. The molecule has 0 saturated heterocycles. The van der Waals surface area contributed by atoms with Crippen molar-refractivity contribution in [2.24, 2.45) is 0 Å². The maximum atomic E-state index is 11.7. The Morgan fingerprint density at radius 2 is 2.13 bits per heavy atom. The fourth-order valence-corrected chi connectivity index (χ4v) is 1.21. The fourth-order valence-electron chi connectivity index (χ4n) is 1.21. The number of hydrogen-bond donors (Lipinski definition) is 1. The van der Waals surface area contributed by atoms with E-state index in [-0.39, 0.29) is 6.54 Å². The first-order chi connectivity index (χ1) is 7.24. The first-order valence-electron chi connectivity index (χ1n) is 4.58. The molecule has 0 aliphatic rings. The Morgan fingerprint density at radius 3 is 2.80 bits per heavy atom. The van der Waals surface area contributed by atoms with Crippen LogP contribution >= 0.6 is 0 Å². The van der Waals surface area contributed by atoms with Gasteiger partial charge < -0.3 is 10.1 Å². The molecule has 0 saturated carbocycles. The molecule has 0 bridgehead atoms. The Kier molecular flexibility index (Phi) is 4.77. The van der Waals surface area contributed by atoms with Gasteiger partial charge in [0.2, 0.25) is 0 Å². The molecule has 4 heteroatoms. The Balaban J connectivity index is 2.46. The Morgan fingerprint density at radius 1 is 1.40 bits per heavy atom. The van der Waals surface area contributed by atoms with Crippen molar-refractivity contribution in [1.82, 2.24) is 5.32 Å². The normalized spacial score (nSPS) is 9.80. The lowest BCUT2D eigenvalue weighted by molar-refractivity contribution is 0.407. The van der Waals surface area contributed by atoms with Crippen molar-refractivity contribution in [1.29, 1.82) is 0 Å². The predicted molar refractivity (Wildman–Crippen MR) is 55.0 cm³/mol. The molecular weight excluding hydrogens is 200 g/mol. The third-order valence-corrected chi connectivity index (χ3v) is 1.91. The van der Waals surface area contributed by atoms with Crippen molar-refractivity contribution < 1.29 is 13.5 Å². The highest BCUT2D eigenvalue weighted by Gasteiger charge is 1.99. The van der Waals surface area contributed by atoms with E-state index >= 15 is 0 Å². The van der Waals surface area contributed by atoms with Crippen molar-refractivity contribution in [2.75, 3.05) is 13.7 Å². The molecule has 2 nitrogen and oxygen atoms in total. The molecule has 0 fully saturated rings. The van der Waals surface area contributed by atoms with Crippen LogP contribution in [0.4, 0.5) is 8.78 Å². The van der Waals surface area contributed by atoms with Crippen molar-refractivity contribution in [3.8, 4) is 5.75 Å². The summed E-state index contributed by atoms with van der Waals surface area (Å²) in [6, 6.07) is 7.47. The molecule has 0 aliphatic heterocycles. The molecule has 0 amide bonds. The molecule has 0 spiro atoms. The average molecular weight is 213 g/mol. The van der Waals surface area contributed by atoms with E-state index in [1.165, 1.54) is 0 Å². The number of ether oxygens (including phenoxy) is 1. The van der Waals surface area contributed by atoms with Crippen LogP contribution in [0.2, 0.25) is 0 Å². The standard InChI is InChI=1S/C11H13F2NO/c1-15-10-5-3-2-4-9(10)8-14-7-6-11(12)13/h2-6,14H,7-8H2,1H3. The maximum Gasteiger partial charge on any atom is 0.267 e. The van der Waals surface area contributed by atoms with E-state index in [9.17, 15) is 8.78 Å². The van der Waals surface area contributed by atoms with Gasteiger partial charge in [-0.1, -0.05) is 18.2 Å². The first-order valence-corrected chi connectivity index (χ1v) is 4.58. The van der Waals surface area contributed by atoms with E-state index in [0.717, 1.165) is 17.4 Å². The van der Waals surface area contributed by atoms with Gasteiger partial charge in [-0.05, 0) is 12.1 Å². The minimum Gasteiger partial charge on any atom is -0.496 e. The van der Waals surface area contributed by atoms with Crippen LogP contribution in [0.25, 0.3) is 0 Å². The van der Waals surface area contributed by atoms with E-state index < -0.39 is 6.08 Å². The average Bonchev–Trinajstić information content (AvgIpc) is 2.24. The summed E-state index contributed by atoms with van der Waals surface area (Å²) < 4.78 is 28.5. The summed E-state index contributed by atoms with van der Waals surface area (Å²) in [7, 11) is 1.58. The highest BCUT2D eigenvalue weighted by Crippen LogP contribution is 2.16. The van der Waals surface area contributed by atoms with Crippen LogP contribution in [0, 0.1) is 0 Å². The van der Waals surface area contributed by atoms with Crippen LogP contribution in [0.3, 0.4) is 0 Å². The third-order valence-electron chi connectivity index (χ3n) is 1.91. The second-order valence-electron chi connectivity index (χ2n) is 2.94. The van der Waals surface area contributed by atoms with Crippen molar-refractivity contribution in [3.63, 3.8) is 0 Å². The molecule has 82 valence electrons. The zero-order valence-electron chi connectivity index (χ0n) is 8.47. The number of halogens is 2. The molecule has 0 atom stereocenters. The van der Waals surface area contributed by atoms with Gasteiger partial charge in [-0.2, -0.15) is 8.78 Å². The Hall–Kier alpha value is -1.42. The number of hydrogen-bond acceptors (Lipinski definition) is 2. The largest absolute Gasteiger partial charge is 0.496 e. The smallest absolute Gasteiger partial charge is 0.267 e. The lowest BCUT2D eigenvalue weighted by atomic mass is 10.2. The van der Waals surface area contributed by atoms with E-state index in [0.29, 0.717) is 6.54 Å². The number of para-hydroxylation sites is 1. The van der Waals surface area contributed by atoms with Crippen LogP contribution in [0.5, 0.6) is 5.75 Å². The monoisotopic (exact) mass is 213 g/mol. The van der Waals surface area contributed by atoms with Crippen molar-refractivity contribution in [3.05, 3.63) is 42.0 Å². The van der Waals surface area contributed by atoms with E-state index in [2.05, 4.69) is 5.32 Å². The Bertz CT molecular complexity index is 335. The summed E-state index contributed by atoms with van der Waals surface area (Å²) >= 11 is 0. The third kappa shape index (κ3) is 4.08. The summed E-state index contributed by atoms with van der Waals surface area (Å²) in [6.07, 6.45) is -0.822. The SMILES string of the molecule is COc1ccccc1CNCC=C(F)F. The summed E-state index contributed by atoms with van der Waals surface area (Å²) in [4.78, 5) is 0. The van der Waals surface area contributed by atoms with Crippen LogP contribution in [-0.4, -0.2) is 13.7 Å². The summed E-state index contributed by atoms with van der Waals surface area (Å²) in [6.45, 7) is 0.661. The van der Waals surface area contributed by atoms with Crippen LogP contribution in [0.15, 0.2) is 36.4 Å². The number of methoxy groups -OCH3 is 1. The molecule has 1 aromatic carbocycles. The number of nitrogens with one attached hydrogen (secondary N) is 1. The van der Waals surface area contributed by atoms with Crippen LogP contribution in [0.1, 0.15) is 5.56 Å². The molecule has 15 heavy (non-hydrogen) atoms. The summed E-state index contributed by atoms with van der Waals surface area (Å²) in [5.41, 5.74) is 0.952. The number of rotatable bonds is 5. The van der Waals surface area contributed by atoms with Gasteiger partial charge in [0, 0.05) is 18.7 Å². The zero-order chi connectivity index (χ0) is 11.1. The lowest BCUT2D eigenvalue weighted by Crippen LogP contribution is -2.13. The molecule has 0 unspecified atom stereocenters. The quantitative estimate of drug-likeness (QED) is 0.759. The second kappa shape index (κ2) is 6.14.